The molecular formula is C19H19N3O4. The first-order valence-electron chi connectivity index (χ1n) is 8.03. The van der Waals surface area contributed by atoms with Gasteiger partial charge >= 0.3 is 0 Å². The fraction of sp³-hybridized carbons (Fsp3) is 0.211. The van der Waals surface area contributed by atoms with Crippen LogP contribution >= 0.6 is 0 Å². The maximum Gasteiger partial charge on any atom is 0.262 e. The first-order chi connectivity index (χ1) is 12.5. The van der Waals surface area contributed by atoms with Gasteiger partial charge in [-0.1, -0.05) is 23.4 Å². The van der Waals surface area contributed by atoms with Crippen molar-refractivity contribution in [2.24, 2.45) is 0 Å². The highest BCUT2D eigenvalue weighted by Crippen LogP contribution is 2.25. The van der Waals surface area contributed by atoms with Crippen molar-refractivity contribution in [3.8, 4) is 22.9 Å². The Labute approximate surface area is 150 Å². The summed E-state index contributed by atoms with van der Waals surface area (Å²) in [7, 11) is 1.56. The van der Waals surface area contributed by atoms with Crippen molar-refractivity contribution >= 4 is 11.6 Å². The summed E-state index contributed by atoms with van der Waals surface area (Å²) in [6.07, 6.45) is 0. The molecule has 0 saturated carbocycles. The number of rotatable bonds is 6. The Morgan fingerprint density at radius 1 is 1.19 bits per heavy atom. The number of methoxy groups -OCH3 is 1. The number of nitrogens with one attached hydrogen (secondary N) is 1. The summed E-state index contributed by atoms with van der Waals surface area (Å²) in [5, 5.41) is 6.66. The van der Waals surface area contributed by atoms with Crippen molar-refractivity contribution in [2.75, 3.05) is 19.0 Å². The number of amides is 1. The van der Waals surface area contributed by atoms with Gasteiger partial charge in [-0.2, -0.15) is 4.98 Å². The molecule has 3 rings (SSSR count). The fourth-order valence-corrected chi connectivity index (χ4v) is 2.40. The second-order valence-electron chi connectivity index (χ2n) is 5.71. The highest BCUT2D eigenvalue weighted by molar-refractivity contribution is 5.93. The Hall–Kier alpha value is -3.35. The van der Waals surface area contributed by atoms with E-state index in [1.54, 1.807) is 32.2 Å². The summed E-state index contributed by atoms with van der Waals surface area (Å²) in [6.45, 7) is 3.53. The lowest BCUT2D eigenvalue weighted by molar-refractivity contribution is -0.118. The topological polar surface area (TPSA) is 86.5 Å². The van der Waals surface area contributed by atoms with E-state index in [9.17, 15) is 4.79 Å². The van der Waals surface area contributed by atoms with Crippen LogP contribution in [0.4, 0.5) is 5.69 Å². The molecule has 7 heteroatoms. The van der Waals surface area contributed by atoms with E-state index in [2.05, 4.69) is 15.5 Å². The van der Waals surface area contributed by atoms with E-state index in [-0.39, 0.29) is 12.5 Å². The summed E-state index contributed by atoms with van der Waals surface area (Å²) < 4.78 is 15.8. The molecule has 0 aliphatic heterocycles. The Balaban J connectivity index is 1.64. The molecule has 0 aliphatic rings. The standard InChI is InChI=1S/C19H19N3O4/c1-12-7-8-17(24-3)16(9-12)21-18(23)11-25-15-6-4-5-14(10-15)19-20-13(2)26-22-19/h4-10H,11H2,1-3H3,(H,21,23). The van der Waals surface area contributed by atoms with E-state index in [0.717, 1.165) is 11.1 Å². The van der Waals surface area contributed by atoms with Crippen LogP contribution in [0.2, 0.25) is 0 Å². The van der Waals surface area contributed by atoms with E-state index < -0.39 is 0 Å². The first-order valence-corrected chi connectivity index (χ1v) is 8.03. The molecule has 3 aromatic rings. The van der Waals surface area contributed by atoms with Gasteiger partial charge in [-0.15, -0.1) is 0 Å². The molecule has 0 aliphatic carbocycles. The van der Waals surface area contributed by atoms with Gasteiger partial charge in [0.1, 0.15) is 11.5 Å². The number of nitrogens with zero attached hydrogens (tertiary/aromatic N) is 2. The lowest BCUT2D eigenvalue weighted by atomic mass is 10.2. The molecule has 1 amide bonds. The fourth-order valence-electron chi connectivity index (χ4n) is 2.40. The van der Waals surface area contributed by atoms with Crippen molar-refractivity contribution < 1.29 is 18.8 Å². The molecule has 1 aromatic heterocycles. The van der Waals surface area contributed by atoms with Gasteiger partial charge in [0.25, 0.3) is 5.91 Å². The third-order valence-corrected chi connectivity index (χ3v) is 3.62. The summed E-state index contributed by atoms with van der Waals surface area (Å²) >= 11 is 0. The van der Waals surface area contributed by atoms with Crippen molar-refractivity contribution in [2.45, 2.75) is 13.8 Å². The molecule has 2 aromatic carbocycles. The molecular weight excluding hydrogens is 334 g/mol. The number of carbonyl (C=O) groups excluding carboxylic acids is 1. The van der Waals surface area contributed by atoms with Gasteiger partial charge in [-0.3, -0.25) is 4.79 Å². The molecule has 1 N–H and O–H groups in total. The number of anilines is 1. The molecule has 0 saturated heterocycles. The van der Waals surface area contributed by atoms with Crippen LogP contribution in [-0.2, 0) is 4.79 Å². The Morgan fingerprint density at radius 3 is 2.77 bits per heavy atom. The van der Waals surface area contributed by atoms with E-state index in [4.69, 9.17) is 14.0 Å². The molecule has 134 valence electrons. The zero-order chi connectivity index (χ0) is 18.5. The minimum Gasteiger partial charge on any atom is -0.495 e. The third kappa shape index (κ3) is 4.18. The molecule has 0 atom stereocenters. The molecule has 0 spiro atoms. The molecule has 0 fully saturated rings. The monoisotopic (exact) mass is 353 g/mol. The predicted octanol–water partition coefficient (Wildman–Crippen LogP) is 3.38. The van der Waals surface area contributed by atoms with Crippen LogP contribution in [0.5, 0.6) is 11.5 Å². The van der Waals surface area contributed by atoms with Crippen LogP contribution in [0.1, 0.15) is 11.5 Å². The number of carbonyl (C=O) groups is 1. The van der Waals surface area contributed by atoms with Gasteiger partial charge in [0.15, 0.2) is 6.61 Å². The number of ether oxygens (including phenoxy) is 2. The summed E-state index contributed by atoms with van der Waals surface area (Å²) in [5.41, 5.74) is 2.38. The van der Waals surface area contributed by atoms with E-state index >= 15 is 0 Å². The van der Waals surface area contributed by atoms with Gasteiger partial charge < -0.3 is 19.3 Å². The Morgan fingerprint density at radius 2 is 2.04 bits per heavy atom. The molecule has 26 heavy (non-hydrogen) atoms. The lowest BCUT2D eigenvalue weighted by Gasteiger charge is -2.12. The minimum atomic E-state index is -0.283. The van der Waals surface area contributed by atoms with Crippen LogP contribution in [0, 0.1) is 13.8 Å². The van der Waals surface area contributed by atoms with Crippen molar-refractivity contribution in [1.82, 2.24) is 10.1 Å². The molecule has 0 radical (unpaired) electrons. The van der Waals surface area contributed by atoms with Crippen molar-refractivity contribution in [1.29, 1.82) is 0 Å². The number of benzene rings is 2. The summed E-state index contributed by atoms with van der Waals surface area (Å²) in [5.74, 6) is 1.81. The Kier molecular flexibility index (Phi) is 5.17. The average Bonchev–Trinajstić information content (AvgIpc) is 3.07. The quantitative estimate of drug-likeness (QED) is 0.731. The number of hydrogen-bond acceptors (Lipinski definition) is 6. The van der Waals surface area contributed by atoms with Gasteiger partial charge in [-0.05, 0) is 36.8 Å². The number of aromatic nitrogens is 2. The van der Waals surface area contributed by atoms with Crippen molar-refractivity contribution in [3.05, 3.63) is 53.9 Å². The number of hydrogen-bond donors (Lipinski definition) is 1. The zero-order valence-corrected chi connectivity index (χ0v) is 14.8. The Bertz CT molecular complexity index is 921. The van der Waals surface area contributed by atoms with E-state index in [1.165, 1.54) is 0 Å². The van der Waals surface area contributed by atoms with Gasteiger partial charge in [0.2, 0.25) is 11.7 Å². The summed E-state index contributed by atoms with van der Waals surface area (Å²) in [4.78, 5) is 16.4. The van der Waals surface area contributed by atoms with E-state index in [0.29, 0.717) is 28.9 Å². The SMILES string of the molecule is COc1ccc(C)cc1NC(=O)COc1cccc(-c2noc(C)n2)c1. The van der Waals surface area contributed by atoms with Crippen LogP contribution in [0.15, 0.2) is 47.0 Å². The highest BCUT2D eigenvalue weighted by atomic mass is 16.5. The summed E-state index contributed by atoms with van der Waals surface area (Å²) in [6, 6.07) is 12.7. The van der Waals surface area contributed by atoms with Crippen LogP contribution in [-0.4, -0.2) is 29.8 Å². The normalized spacial score (nSPS) is 10.4. The number of aryl methyl sites for hydroxylation is 2. The molecule has 7 nitrogen and oxygen atoms in total. The van der Waals surface area contributed by atoms with Gasteiger partial charge in [-0.25, -0.2) is 0 Å². The third-order valence-electron chi connectivity index (χ3n) is 3.62. The van der Waals surface area contributed by atoms with Crippen molar-refractivity contribution in [3.63, 3.8) is 0 Å². The maximum absolute atomic E-state index is 12.2. The lowest BCUT2D eigenvalue weighted by Crippen LogP contribution is -2.20. The zero-order valence-electron chi connectivity index (χ0n) is 14.8. The predicted molar refractivity (Wildman–Crippen MR) is 96.3 cm³/mol. The van der Waals surface area contributed by atoms with Crippen LogP contribution in [0.25, 0.3) is 11.4 Å². The second kappa shape index (κ2) is 7.69. The average molecular weight is 353 g/mol. The minimum absolute atomic E-state index is 0.133. The largest absolute Gasteiger partial charge is 0.495 e. The molecule has 0 bridgehead atoms. The van der Waals surface area contributed by atoms with Crippen LogP contribution < -0.4 is 14.8 Å². The van der Waals surface area contributed by atoms with Gasteiger partial charge in [0.05, 0.1) is 12.8 Å². The van der Waals surface area contributed by atoms with E-state index in [1.807, 2.05) is 31.2 Å². The first kappa shape index (κ1) is 17.5. The smallest absolute Gasteiger partial charge is 0.262 e. The second-order valence-corrected chi connectivity index (χ2v) is 5.71. The maximum atomic E-state index is 12.2. The molecule has 1 heterocycles. The van der Waals surface area contributed by atoms with Gasteiger partial charge in [0, 0.05) is 12.5 Å². The van der Waals surface area contributed by atoms with Crippen LogP contribution in [0.3, 0.4) is 0 Å². The highest BCUT2D eigenvalue weighted by Gasteiger charge is 2.10. The molecule has 0 unspecified atom stereocenters.